The zero-order chi connectivity index (χ0) is 16.0. The second kappa shape index (κ2) is 6.92. The number of aryl methyl sites for hydroxylation is 1. The maximum atomic E-state index is 11.9. The standard InChI is InChI=1S/C14H20N2O5/c1-14(2,3)21-13(19)16-11-9(5-6-10(17)18)7-8-15-12(11)20-4/h7-8H,5-6H2,1-4H3,(H,16,19)(H,17,18). The average molecular weight is 296 g/mol. The molecule has 1 rings (SSSR count). The Bertz CT molecular complexity index is 523. The van der Waals surface area contributed by atoms with Gasteiger partial charge in [-0.05, 0) is 38.8 Å². The van der Waals surface area contributed by atoms with E-state index in [1.165, 1.54) is 13.3 Å². The van der Waals surface area contributed by atoms with E-state index < -0.39 is 17.7 Å². The SMILES string of the molecule is COc1nccc(CCC(=O)O)c1NC(=O)OC(C)(C)C. The van der Waals surface area contributed by atoms with Gasteiger partial charge in [0.15, 0.2) is 0 Å². The van der Waals surface area contributed by atoms with Crippen LogP contribution in [0.15, 0.2) is 12.3 Å². The van der Waals surface area contributed by atoms with E-state index in [1.54, 1.807) is 26.8 Å². The number of carbonyl (C=O) groups is 2. The van der Waals surface area contributed by atoms with Crippen molar-refractivity contribution in [2.45, 2.75) is 39.2 Å². The van der Waals surface area contributed by atoms with Crippen molar-refractivity contribution in [1.29, 1.82) is 0 Å². The van der Waals surface area contributed by atoms with Gasteiger partial charge in [-0.25, -0.2) is 9.78 Å². The van der Waals surface area contributed by atoms with Gasteiger partial charge in [0.05, 0.1) is 7.11 Å². The van der Waals surface area contributed by atoms with Gasteiger partial charge in [-0.3, -0.25) is 10.1 Å². The highest BCUT2D eigenvalue weighted by Gasteiger charge is 2.20. The number of anilines is 1. The van der Waals surface area contributed by atoms with Crippen molar-refractivity contribution in [1.82, 2.24) is 4.98 Å². The van der Waals surface area contributed by atoms with E-state index in [9.17, 15) is 9.59 Å². The molecule has 0 unspecified atom stereocenters. The number of hydrogen-bond donors (Lipinski definition) is 2. The molecule has 7 nitrogen and oxygen atoms in total. The van der Waals surface area contributed by atoms with Crippen LogP contribution in [0.2, 0.25) is 0 Å². The van der Waals surface area contributed by atoms with Gasteiger partial charge < -0.3 is 14.6 Å². The zero-order valence-corrected chi connectivity index (χ0v) is 12.6. The fourth-order valence-corrected chi connectivity index (χ4v) is 1.62. The number of hydrogen-bond acceptors (Lipinski definition) is 5. The fourth-order valence-electron chi connectivity index (χ4n) is 1.62. The van der Waals surface area contributed by atoms with Crippen LogP contribution in [0, 0.1) is 0 Å². The predicted molar refractivity (Wildman–Crippen MR) is 76.6 cm³/mol. The number of pyridine rings is 1. The number of carbonyl (C=O) groups excluding carboxylic acids is 1. The van der Waals surface area contributed by atoms with Gasteiger partial charge in [-0.15, -0.1) is 0 Å². The van der Waals surface area contributed by atoms with Crippen LogP contribution >= 0.6 is 0 Å². The lowest BCUT2D eigenvalue weighted by Crippen LogP contribution is -2.27. The van der Waals surface area contributed by atoms with Crippen LogP contribution in [0.25, 0.3) is 0 Å². The van der Waals surface area contributed by atoms with Crippen molar-refractivity contribution >= 4 is 17.7 Å². The molecule has 0 bridgehead atoms. The number of nitrogens with one attached hydrogen (secondary N) is 1. The van der Waals surface area contributed by atoms with Gasteiger partial charge in [0.1, 0.15) is 11.3 Å². The van der Waals surface area contributed by atoms with Crippen LogP contribution in [-0.2, 0) is 16.0 Å². The fraction of sp³-hybridized carbons (Fsp3) is 0.500. The summed E-state index contributed by atoms with van der Waals surface area (Å²) in [5, 5.41) is 11.3. The van der Waals surface area contributed by atoms with Crippen molar-refractivity contribution < 1.29 is 24.2 Å². The molecule has 2 N–H and O–H groups in total. The van der Waals surface area contributed by atoms with Crippen molar-refractivity contribution in [3.05, 3.63) is 17.8 Å². The number of nitrogens with zero attached hydrogens (tertiary/aromatic N) is 1. The second-order valence-electron chi connectivity index (χ2n) is 5.37. The van der Waals surface area contributed by atoms with Crippen LogP contribution in [-0.4, -0.2) is 34.9 Å². The molecule has 1 heterocycles. The molecule has 0 spiro atoms. The molecule has 0 aliphatic heterocycles. The molecule has 116 valence electrons. The summed E-state index contributed by atoms with van der Waals surface area (Å²) >= 11 is 0. The van der Waals surface area contributed by atoms with Crippen LogP contribution in [0.3, 0.4) is 0 Å². The first-order chi connectivity index (χ1) is 9.73. The minimum Gasteiger partial charge on any atom is -0.481 e. The van der Waals surface area contributed by atoms with Gasteiger partial charge in [0, 0.05) is 12.6 Å². The Balaban J connectivity index is 2.96. The first-order valence-corrected chi connectivity index (χ1v) is 6.46. The van der Waals surface area contributed by atoms with Crippen molar-refractivity contribution in [2.24, 2.45) is 0 Å². The zero-order valence-electron chi connectivity index (χ0n) is 12.6. The molecule has 0 fully saturated rings. The number of amides is 1. The second-order valence-corrected chi connectivity index (χ2v) is 5.37. The molecule has 0 radical (unpaired) electrons. The lowest BCUT2D eigenvalue weighted by atomic mass is 10.1. The summed E-state index contributed by atoms with van der Waals surface area (Å²) in [7, 11) is 1.42. The molecule has 0 atom stereocenters. The predicted octanol–water partition coefficient (Wildman–Crippen LogP) is 2.45. The van der Waals surface area contributed by atoms with E-state index in [1.807, 2.05) is 0 Å². The van der Waals surface area contributed by atoms with Gasteiger partial charge in [-0.2, -0.15) is 0 Å². The van der Waals surface area contributed by atoms with E-state index in [2.05, 4.69) is 10.3 Å². The van der Waals surface area contributed by atoms with E-state index in [0.717, 1.165) is 0 Å². The van der Waals surface area contributed by atoms with Crippen LogP contribution < -0.4 is 10.1 Å². The Labute approximate surface area is 123 Å². The van der Waals surface area contributed by atoms with Gasteiger partial charge >= 0.3 is 12.1 Å². The van der Waals surface area contributed by atoms with Crippen LogP contribution in [0.5, 0.6) is 5.88 Å². The molecule has 1 aromatic heterocycles. The van der Waals surface area contributed by atoms with E-state index in [0.29, 0.717) is 11.3 Å². The number of aliphatic carboxylic acids is 1. The summed E-state index contributed by atoms with van der Waals surface area (Å²) in [5.41, 5.74) is 0.311. The average Bonchev–Trinajstić information content (AvgIpc) is 2.34. The molecule has 0 aromatic carbocycles. The van der Waals surface area contributed by atoms with E-state index in [-0.39, 0.29) is 18.7 Å². The maximum Gasteiger partial charge on any atom is 0.412 e. The Morgan fingerprint density at radius 3 is 2.57 bits per heavy atom. The smallest absolute Gasteiger partial charge is 0.412 e. The normalized spacial score (nSPS) is 10.9. The Kier molecular flexibility index (Phi) is 5.52. The number of aromatic nitrogens is 1. The van der Waals surface area contributed by atoms with E-state index >= 15 is 0 Å². The number of rotatable bonds is 5. The van der Waals surface area contributed by atoms with Crippen molar-refractivity contribution in [2.75, 3.05) is 12.4 Å². The quantitative estimate of drug-likeness (QED) is 0.866. The molecule has 21 heavy (non-hydrogen) atoms. The number of ether oxygens (including phenoxy) is 2. The molecule has 0 aliphatic rings. The highest BCUT2D eigenvalue weighted by Crippen LogP contribution is 2.27. The Morgan fingerprint density at radius 2 is 2.05 bits per heavy atom. The number of carboxylic acid groups (broad SMARTS) is 1. The third kappa shape index (κ3) is 5.68. The first-order valence-electron chi connectivity index (χ1n) is 6.46. The van der Waals surface area contributed by atoms with Crippen LogP contribution in [0.1, 0.15) is 32.8 Å². The Morgan fingerprint density at radius 1 is 1.38 bits per heavy atom. The topological polar surface area (TPSA) is 97.8 Å². The summed E-state index contributed by atoms with van der Waals surface area (Å²) < 4.78 is 10.3. The number of methoxy groups -OCH3 is 1. The lowest BCUT2D eigenvalue weighted by molar-refractivity contribution is -0.136. The summed E-state index contributed by atoms with van der Waals surface area (Å²) in [6.07, 6.45) is 1.04. The molecule has 1 amide bonds. The first kappa shape index (κ1) is 16.7. The lowest BCUT2D eigenvalue weighted by Gasteiger charge is -2.21. The maximum absolute atomic E-state index is 11.9. The molecular formula is C14H20N2O5. The molecule has 0 aliphatic carbocycles. The highest BCUT2D eigenvalue weighted by molar-refractivity contribution is 5.87. The molecule has 7 heteroatoms. The minimum absolute atomic E-state index is 0.0594. The van der Waals surface area contributed by atoms with E-state index in [4.69, 9.17) is 14.6 Å². The largest absolute Gasteiger partial charge is 0.481 e. The monoisotopic (exact) mass is 296 g/mol. The molecule has 0 saturated carbocycles. The van der Waals surface area contributed by atoms with Crippen molar-refractivity contribution in [3.63, 3.8) is 0 Å². The van der Waals surface area contributed by atoms with Gasteiger partial charge in [-0.1, -0.05) is 0 Å². The minimum atomic E-state index is -0.922. The van der Waals surface area contributed by atoms with Crippen LogP contribution in [0.4, 0.5) is 10.5 Å². The molecule has 1 aromatic rings. The summed E-state index contributed by atoms with van der Waals surface area (Å²) in [6.45, 7) is 5.25. The summed E-state index contributed by atoms with van der Waals surface area (Å²) in [5.74, 6) is -0.710. The van der Waals surface area contributed by atoms with Gasteiger partial charge in [0.25, 0.3) is 0 Å². The summed E-state index contributed by atoms with van der Waals surface area (Å²) in [4.78, 5) is 26.5. The van der Waals surface area contributed by atoms with Gasteiger partial charge in [0.2, 0.25) is 5.88 Å². The third-order valence-corrected chi connectivity index (χ3v) is 2.43. The third-order valence-electron chi connectivity index (χ3n) is 2.43. The molecule has 0 saturated heterocycles. The summed E-state index contributed by atoms with van der Waals surface area (Å²) in [6, 6.07) is 1.64. The highest BCUT2D eigenvalue weighted by atomic mass is 16.6. The molecular weight excluding hydrogens is 276 g/mol. The number of carboxylic acids is 1. The van der Waals surface area contributed by atoms with Crippen molar-refractivity contribution in [3.8, 4) is 5.88 Å². The Hall–Kier alpha value is -2.31.